The predicted molar refractivity (Wildman–Crippen MR) is 136 cm³/mol. The second-order valence-corrected chi connectivity index (χ2v) is 9.47. The zero-order valence-electron chi connectivity index (χ0n) is 20.5. The van der Waals surface area contributed by atoms with E-state index in [0.29, 0.717) is 45.9 Å². The largest absolute Gasteiger partial charge is 0.367 e. The van der Waals surface area contributed by atoms with Crippen molar-refractivity contribution in [3.05, 3.63) is 53.9 Å². The van der Waals surface area contributed by atoms with Crippen molar-refractivity contribution in [2.45, 2.75) is 32.9 Å². The number of aromatic nitrogens is 4. The molecular weight excluding hydrogens is 447 g/mol. The molecule has 1 aromatic carbocycles. The Labute approximate surface area is 203 Å². The molecule has 2 N–H and O–H groups in total. The van der Waals surface area contributed by atoms with Gasteiger partial charge in [0.1, 0.15) is 16.9 Å². The van der Waals surface area contributed by atoms with Crippen LogP contribution in [0.25, 0.3) is 16.7 Å². The van der Waals surface area contributed by atoms with E-state index in [1.165, 1.54) is 6.07 Å². The maximum absolute atomic E-state index is 14.6. The van der Waals surface area contributed by atoms with Gasteiger partial charge in [0.25, 0.3) is 5.91 Å². The molecule has 3 aromatic heterocycles. The van der Waals surface area contributed by atoms with E-state index in [-0.39, 0.29) is 11.6 Å². The van der Waals surface area contributed by atoms with Gasteiger partial charge in [0.2, 0.25) is 0 Å². The number of carbonyl (C=O) groups is 1. The van der Waals surface area contributed by atoms with E-state index in [9.17, 15) is 9.18 Å². The standard InChI is InChI=1S/C25H29FN8O/c1-14-10-33(11-15(2)28-14)20-7-6-18(22-23(20)27-9-21(31-22)32(4)5)25(35)30-17-8-19(26)24-29-16(3)12-34(24)13-17/h6-9,12-15,28H,10-11H2,1-5H3,(H,30,35)/t14-,15-/m1/s1. The van der Waals surface area contributed by atoms with Crippen molar-refractivity contribution in [3.8, 4) is 0 Å². The van der Waals surface area contributed by atoms with Gasteiger partial charge in [-0.2, -0.15) is 0 Å². The Hall–Kier alpha value is -3.79. The molecule has 5 rings (SSSR count). The summed E-state index contributed by atoms with van der Waals surface area (Å²) in [5.74, 6) is -0.246. The Morgan fingerprint density at radius 2 is 1.89 bits per heavy atom. The Bertz CT molecular complexity index is 1420. The minimum Gasteiger partial charge on any atom is -0.367 e. The molecule has 0 spiro atoms. The van der Waals surface area contributed by atoms with E-state index in [4.69, 9.17) is 9.97 Å². The average molecular weight is 477 g/mol. The number of anilines is 3. The van der Waals surface area contributed by atoms with Crippen molar-refractivity contribution in [2.75, 3.05) is 42.3 Å². The number of benzene rings is 1. The smallest absolute Gasteiger partial charge is 0.257 e. The van der Waals surface area contributed by atoms with Crippen LogP contribution in [0.2, 0.25) is 0 Å². The lowest BCUT2D eigenvalue weighted by Gasteiger charge is -2.38. The van der Waals surface area contributed by atoms with Gasteiger partial charge in [0, 0.05) is 57.7 Å². The van der Waals surface area contributed by atoms with Crippen LogP contribution < -0.4 is 20.4 Å². The summed E-state index contributed by atoms with van der Waals surface area (Å²) in [5, 5.41) is 6.36. The summed E-state index contributed by atoms with van der Waals surface area (Å²) < 4.78 is 16.1. The first-order chi connectivity index (χ1) is 16.7. The van der Waals surface area contributed by atoms with Crippen LogP contribution in [0, 0.1) is 12.7 Å². The predicted octanol–water partition coefficient (Wildman–Crippen LogP) is 3.23. The van der Waals surface area contributed by atoms with Crippen molar-refractivity contribution >= 4 is 39.8 Å². The van der Waals surface area contributed by atoms with Gasteiger partial charge in [-0.25, -0.2) is 19.3 Å². The van der Waals surface area contributed by atoms with E-state index in [2.05, 4.69) is 34.4 Å². The minimum absolute atomic E-state index is 0.219. The summed E-state index contributed by atoms with van der Waals surface area (Å²) in [7, 11) is 3.76. The minimum atomic E-state index is -0.507. The maximum Gasteiger partial charge on any atom is 0.257 e. The molecule has 0 bridgehead atoms. The molecule has 2 atom stereocenters. The summed E-state index contributed by atoms with van der Waals surface area (Å²) in [6, 6.07) is 5.62. The molecule has 0 unspecified atom stereocenters. The second-order valence-electron chi connectivity index (χ2n) is 9.47. The van der Waals surface area contributed by atoms with Gasteiger partial charge in [-0.1, -0.05) is 0 Å². The van der Waals surface area contributed by atoms with Crippen LogP contribution in [0.1, 0.15) is 29.9 Å². The highest BCUT2D eigenvalue weighted by Crippen LogP contribution is 2.30. The third kappa shape index (κ3) is 4.37. The van der Waals surface area contributed by atoms with E-state index < -0.39 is 5.82 Å². The Balaban J connectivity index is 1.56. The topological polar surface area (TPSA) is 90.7 Å². The molecule has 182 valence electrons. The third-order valence-corrected chi connectivity index (χ3v) is 6.15. The Kier molecular flexibility index (Phi) is 5.76. The van der Waals surface area contributed by atoms with Gasteiger partial charge in [-0.3, -0.25) is 4.79 Å². The lowest BCUT2D eigenvalue weighted by molar-refractivity contribution is 0.102. The van der Waals surface area contributed by atoms with Crippen molar-refractivity contribution in [1.82, 2.24) is 24.7 Å². The molecule has 35 heavy (non-hydrogen) atoms. The van der Waals surface area contributed by atoms with Crippen LogP contribution >= 0.6 is 0 Å². The van der Waals surface area contributed by atoms with Gasteiger partial charge in [-0.15, -0.1) is 0 Å². The fourth-order valence-electron chi connectivity index (χ4n) is 4.70. The first kappa shape index (κ1) is 23.0. The number of nitrogens with zero attached hydrogens (tertiary/aromatic N) is 6. The highest BCUT2D eigenvalue weighted by atomic mass is 19.1. The average Bonchev–Trinajstić information content (AvgIpc) is 3.18. The Morgan fingerprint density at radius 3 is 2.60 bits per heavy atom. The lowest BCUT2D eigenvalue weighted by Crippen LogP contribution is -2.54. The zero-order valence-corrected chi connectivity index (χ0v) is 20.5. The summed E-state index contributed by atoms with van der Waals surface area (Å²) in [5.41, 5.74) is 3.72. The van der Waals surface area contributed by atoms with Crippen LogP contribution in [-0.2, 0) is 0 Å². The number of fused-ring (bicyclic) bond motifs is 2. The van der Waals surface area contributed by atoms with Gasteiger partial charge in [0.05, 0.1) is 28.8 Å². The number of amides is 1. The van der Waals surface area contributed by atoms with E-state index in [0.717, 1.165) is 18.8 Å². The maximum atomic E-state index is 14.6. The molecule has 0 radical (unpaired) electrons. The molecule has 9 nitrogen and oxygen atoms in total. The SMILES string of the molecule is Cc1cn2cc(NC(=O)c3ccc(N4C[C@@H](C)N[C@H](C)C4)c4ncc(N(C)C)nc34)cc(F)c2n1. The van der Waals surface area contributed by atoms with Crippen molar-refractivity contribution in [1.29, 1.82) is 0 Å². The van der Waals surface area contributed by atoms with Gasteiger partial charge >= 0.3 is 0 Å². The van der Waals surface area contributed by atoms with Crippen molar-refractivity contribution in [3.63, 3.8) is 0 Å². The van der Waals surface area contributed by atoms with Crippen LogP contribution in [0.5, 0.6) is 0 Å². The first-order valence-electron chi connectivity index (χ1n) is 11.6. The van der Waals surface area contributed by atoms with Crippen molar-refractivity contribution < 1.29 is 9.18 Å². The third-order valence-electron chi connectivity index (χ3n) is 6.15. The van der Waals surface area contributed by atoms with Crippen molar-refractivity contribution in [2.24, 2.45) is 0 Å². The molecule has 4 aromatic rings. The molecule has 1 saturated heterocycles. The van der Waals surface area contributed by atoms with E-state index in [1.807, 2.05) is 25.1 Å². The summed E-state index contributed by atoms with van der Waals surface area (Å²) in [6.45, 7) is 7.75. The molecule has 0 saturated carbocycles. The van der Waals surface area contributed by atoms with Gasteiger partial charge in [0.15, 0.2) is 11.5 Å². The molecular formula is C25H29FN8O. The number of hydrogen-bond donors (Lipinski definition) is 2. The zero-order chi connectivity index (χ0) is 24.9. The quantitative estimate of drug-likeness (QED) is 0.467. The number of aryl methyl sites for hydroxylation is 1. The molecule has 4 heterocycles. The van der Waals surface area contributed by atoms with Gasteiger partial charge in [-0.05, 0) is 32.9 Å². The monoisotopic (exact) mass is 476 g/mol. The number of hydrogen-bond acceptors (Lipinski definition) is 7. The van der Waals surface area contributed by atoms with E-state index in [1.54, 1.807) is 36.0 Å². The highest BCUT2D eigenvalue weighted by Gasteiger charge is 2.25. The number of halogens is 1. The number of pyridine rings is 1. The highest BCUT2D eigenvalue weighted by molar-refractivity contribution is 6.13. The molecule has 1 aliphatic rings. The van der Waals surface area contributed by atoms with Crippen LogP contribution in [0.3, 0.4) is 0 Å². The van der Waals surface area contributed by atoms with E-state index >= 15 is 0 Å². The number of imidazole rings is 1. The first-order valence-corrected chi connectivity index (χ1v) is 11.6. The number of rotatable bonds is 4. The molecule has 10 heteroatoms. The van der Waals surface area contributed by atoms with Crippen LogP contribution in [-0.4, -0.2) is 64.5 Å². The molecule has 0 aliphatic carbocycles. The summed E-state index contributed by atoms with van der Waals surface area (Å²) in [6.07, 6.45) is 5.07. The fraction of sp³-hybridized carbons (Fsp3) is 0.360. The summed E-state index contributed by atoms with van der Waals surface area (Å²) in [4.78, 5) is 31.2. The fourth-order valence-corrected chi connectivity index (χ4v) is 4.70. The van der Waals surface area contributed by atoms with Crippen LogP contribution in [0.4, 0.5) is 21.6 Å². The lowest BCUT2D eigenvalue weighted by atomic mass is 10.1. The Morgan fingerprint density at radius 1 is 1.14 bits per heavy atom. The normalized spacial score (nSPS) is 18.3. The molecule has 1 aliphatic heterocycles. The number of carbonyl (C=O) groups excluding carboxylic acids is 1. The number of nitrogens with one attached hydrogen (secondary N) is 2. The second kappa shape index (κ2) is 8.77. The molecule has 1 amide bonds. The number of piperazine rings is 1. The molecule has 1 fully saturated rings. The van der Waals surface area contributed by atoms with Crippen LogP contribution in [0.15, 0.2) is 36.8 Å². The summed E-state index contributed by atoms with van der Waals surface area (Å²) >= 11 is 0. The van der Waals surface area contributed by atoms with Gasteiger partial charge < -0.3 is 24.8 Å².